The van der Waals surface area contributed by atoms with E-state index in [1.165, 1.54) is 23.5 Å². The maximum atomic E-state index is 13.8. The first-order chi connectivity index (χ1) is 14.9. The minimum absolute atomic E-state index is 0.143. The molecule has 1 aliphatic rings. The lowest BCUT2D eigenvalue weighted by Crippen LogP contribution is -2.29. The summed E-state index contributed by atoms with van der Waals surface area (Å²) >= 11 is 7.02. The lowest BCUT2D eigenvalue weighted by Gasteiger charge is -2.13. The quantitative estimate of drug-likeness (QED) is 0.456. The van der Waals surface area contributed by atoms with Gasteiger partial charge in [0.15, 0.2) is 6.61 Å². The van der Waals surface area contributed by atoms with E-state index in [1.54, 1.807) is 7.11 Å². The molecule has 0 unspecified atom stereocenters. The van der Waals surface area contributed by atoms with Crippen molar-refractivity contribution in [3.63, 3.8) is 0 Å². The van der Waals surface area contributed by atoms with Crippen LogP contribution in [0.5, 0.6) is 0 Å². The number of esters is 1. The Labute approximate surface area is 187 Å². The summed E-state index contributed by atoms with van der Waals surface area (Å²) < 4.78 is 23.7. The molecule has 3 rings (SSSR count). The van der Waals surface area contributed by atoms with Crippen LogP contribution in [0.1, 0.15) is 44.0 Å². The lowest BCUT2D eigenvalue weighted by atomic mass is 9.95. The maximum absolute atomic E-state index is 13.8. The van der Waals surface area contributed by atoms with Gasteiger partial charge in [-0.3, -0.25) is 9.59 Å². The summed E-state index contributed by atoms with van der Waals surface area (Å²) in [5, 5.41) is 6.01. The number of rotatable bonds is 8. The normalized spacial score (nSPS) is 12.7. The van der Waals surface area contributed by atoms with Crippen molar-refractivity contribution < 1.29 is 28.2 Å². The number of nitrogens with one attached hydrogen (secondary N) is 2. The van der Waals surface area contributed by atoms with E-state index < -0.39 is 24.3 Å². The zero-order valence-electron chi connectivity index (χ0n) is 16.9. The molecule has 1 aromatic heterocycles. The molecule has 0 atom stereocenters. The van der Waals surface area contributed by atoms with Crippen molar-refractivity contribution in [3.05, 3.63) is 50.6 Å². The second-order valence-corrected chi connectivity index (χ2v) is 8.45. The van der Waals surface area contributed by atoms with E-state index in [-0.39, 0.29) is 16.5 Å². The zero-order valence-corrected chi connectivity index (χ0v) is 18.5. The summed E-state index contributed by atoms with van der Waals surface area (Å²) in [4.78, 5) is 38.2. The first kappa shape index (κ1) is 23.2. The van der Waals surface area contributed by atoms with E-state index in [0.717, 1.165) is 42.2 Å². The number of halogens is 2. The molecule has 0 fully saturated rings. The highest BCUT2D eigenvalue weighted by atomic mass is 35.5. The third kappa shape index (κ3) is 5.81. The topological polar surface area (TPSA) is 93.7 Å². The SMILES string of the molecule is COCCNC(=O)c1c(NC(=O)COC(=O)c2ccc(Cl)cc2F)sc2c1CCCC2. The molecule has 7 nitrogen and oxygen atoms in total. The number of hydrogen-bond acceptors (Lipinski definition) is 6. The molecule has 0 saturated carbocycles. The second kappa shape index (κ2) is 10.7. The van der Waals surface area contributed by atoms with Crippen LogP contribution in [0.15, 0.2) is 18.2 Å². The average Bonchev–Trinajstić information content (AvgIpc) is 3.10. The summed E-state index contributed by atoms with van der Waals surface area (Å²) in [6.07, 6.45) is 3.61. The van der Waals surface area contributed by atoms with Crippen molar-refractivity contribution >= 4 is 45.7 Å². The molecular formula is C21H22ClFN2O5S. The van der Waals surface area contributed by atoms with Crippen LogP contribution >= 0.6 is 22.9 Å². The van der Waals surface area contributed by atoms with Crippen molar-refractivity contribution in [1.82, 2.24) is 5.32 Å². The number of aryl methyl sites for hydroxylation is 1. The highest BCUT2D eigenvalue weighted by molar-refractivity contribution is 7.17. The maximum Gasteiger partial charge on any atom is 0.341 e. The third-order valence-corrected chi connectivity index (χ3v) is 6.17. The molecule has 166 valence electrons. The Bertz CT molecular complexity index is 994. The molecule has 2 amide bonds. The summed E-state index contributed by atoms with van der Waals surface area (Å²) in [6, 6.07) is 3.53. The fourth-order valence-electron chi connectivity index (χ4n) is 3.28. The van der Waals surface area contributed by atoms with Gasteiger partial charge in [0, 0.05) is 23.6 Å². The van der Waals surface area contributed by atoms with Crippen molar-refractivity contribution in [3.8, 4) is 0 Å². The monoisotopic (exact) mass is 468 g/mol. The van der Waals surface area contributed by atoms with Crippen molar-refractivity contribution in [2.45, 2.75) is 25.7 Å². The number of ether oxygens (including phenoxy) is 2. The Kier molecular flexibility index (Phi) is 8.00. The van der Waals surface area contributed by atoms with Crippen LogP contribution in [0.3, 0.4) is 0 Å². The number of hydrogen-bond donors (Lipinski definition) is 2. The second-order valence-electron chi connectivity index (χ2n) is 6.91. The first-order valence-electron chi connectivity index (χ1n) is 9.74. The fraction of sp³-hybridized carbons (Fsp3) is 0.381. The number of fused-ring (bicyclic) bond motifs is 1. The Morgan fingerprint density at radius 2 is 2.00 bits per heavy atom. The minimum Gasteiger partial charge on any atom is -0.452 e. The van der Waals surface area contributed by atoms with Gasteiger partial charge in [-0.2, -0.15) is 0 Å². The molecule has 0 bridgehead atoms. The average molecular weight is 469 g/mol. The smallest absolute Gasteiger partial charge is 0.341 e. The molecule has 0 radical (unpaired) electrons. The molecule has 2 N–H and O–H groups in total. The Hall–Kier alpha value is -2.49. The highest BCUT2D eigenvalue weighted by Gasteiger charge is 2.26. The van der Waals surface area contributed by atoms with Crippen LogP contribution in [0.4, 0.5) is 9.39 Å². The van der Waals surface area contributed by atoms with Crippen molar-refractivity contribution in [1.29, 1.82) is 0 Å². The van der Waals surface area contributed by atoms with E-state index in [1.807, 2.05) is 0 Å². The molecule has 1 aliphatic carbocycles. The van der Waals surface area contributed by atoms with Gasteiger partial charge < -0.3 is 20.1 Å². The third-order valence-electron chi connectivity index (χ3n) is 4.73. The number of carbonyl (C=O) groups excluding carboxylic acids is 3. The Morgan fingerprint density at radius 1 is 1.23 bits per heavy atom. The molecule has 2 aromatic rings. The molecule has 31 heavy (non-hydrogen) atoms. The van der Waals surface area contributed by atoms with Gasteiger partial charge in [-0.05, 0) is 49.4 Å². The van der Waals surface area contributed by atoms with Crippen LogP contribution in [-0.2, 0) is 27.1 Å². The van der Waals surface area contributed by atoms with E-state index in [2.05, 4.69) is 10.6 Å². The van der Waals surface area contributed by atoms with Crippen LogP contribution in [0.2, 0.25) is 5.02 Å². The fourth-order valence-corrected chi connectivity index (χ4v) is 4.74. The Balaban J connectivity index is 1.68. The molecule has 1 heterocycles. The molecular weight excluding hydrogens is 447 g/mol. The van der Waals surface area contributed by atoms with Gasteiger partial charge in [-0.25, -0.2) is 9.18 Å². The predicted molar refractivity (Wildman–Crippen MR) is 115 cm³/mol. The van der Waals surface area contributed by atoms with Gasteiger partial charge in [0.05, 0.1) is 17.7 Å². The van der Waals surface area contributed by atoms with Gasteiger partial charge in [0.25, 0.3) is 11.8 Å². The molecule has 0 spiro atoms. The van der Waals surface area contributed by atoms with E-state index in [0.29, 0.717) is 23.7 Å². The van der Waals surface area contributed by atoms with Gasteiger partial charge in [-0.1, -0.05) is 11.6 Å². The Morgan fingerprint density at radius 3 is 2.74 bits per heavy atom. The van der Waals surface area contributed by atoms with Crippen LogP contribution in [0, 0.1) is 5.82 Å². The minimum atomic E-state index is -0.979. The number of anilines is 1. The van der Waals surface area contributed by atoms with Crippen LogP contribution < -0.4 is 10.6 Å². The van der Waals surface area contributed by atoms with E-state index in [9.17, 15) is 18.8 Å². The summed E-state index contributed by atoms with van der Waals surface area (Å²) in [7, 11) is 1.54. The molecule has 0 aliphatic heterocycles. The predicted octanol–water partition coefficient (Wildman–Crippen LogP) is 3.59. The highest BCUT2D eigenvalue weighted by Crippen LogP contribution is 2.38. The molecule has 10 heteroatoms. The number of carbonyl (C=O) groups is 3. The van der Waals surface area contributed by atoms with Crippen molar-refractivity contribution in [2.75, 3.05) is 32.2 Å². The van der Waals surface area contributed by atoms with Gasteiger partial charge in [0.1, 0.15) is 10.8 Å². The van der Waals surface area contributed by atoms with Gasteiger partial charge in [-0.15, -0.1) is 11.3 Å². The summed E-state index contributed by atoms with van der Waals surface area (Å²) in [6.45, 7) is 0.1000. The van der Waals surface area contributed by atoms with Crippen molar-refractivity contribution in [2.24, 2.45) is 0 Å². The van der Waals surface area contributed by atoms with Crippen LogP contribution in [-0.4, -0.2) is 44.7 Å². The lowest BCUT2D eigenvalue weighted by molar-refractivity contribution is -0.119. The first-order valence-corrected chi connectivity index (χ1v) is 10.9. The number of benzene rings is 1. The summed E-state index contributed by atoms with van der Waals surface area (Å²) in [5.41, 5.74) is 1.07. The largest absolute Gasteiger partial charge is 0.452 e. The zero-order chi connectivity index (χ0) is 22.4. The standard InChI is InChI=1S/C21H22ClFN2O5S/c1-29-9-8-24-19(27)18-14-4-2-3-5-16(14)31-20(18)25-17(26)11-30-21(28)13-7-6-12(22)10-15(13)23/h6-7,10H,2-5,8-9,11H2,1H3,(H,24,27)(H,25,26). The molecule has 0 saturated heterocycles. The van der Waals surface area contributed by atoms with Gasteiger partial charge in [0.2, 0.25) is 0 Å². The molecule has 1 aromatic carbocycles. The number of amides is 2. The van der Waals surface area contributed by atoms with E-state index in [4.69, 9.17) is 21.1 Å². The number of methoxy groups -OCH3 is 1. The van der Waals surface area contributed by atoms with Gasteiger partial charge >= 0.3 is 5.97 Å². The summed E-state index contributed by atoms with van der Waals surface area (Å²) in [5.74, 6) is -2.72. The van der Waals surface area contributed by atoms with Crippen LogP contribution in [0.25, 0.3) is 0 Å². The van der Waals surface area contributed by atoms with E-state index >= 15 is 0 Å². The number of thiophene rings is 1.